The lowest BCUT2D eigenvalue weighted by Crippen LogP contribution is -2.12. The Bertz CT molecular complexity index is 291. The molecule has 0 aliphatic heterocycles. The summed E-state index contributed by atoms with van der Waals surface area (Å²) in [7, 11) is 0. The molecule has 4 heteroatoms. The van der Waals surface area contributed by atoms with Crippen LogP contribution < -0.4 is 5.73 Å². The first-order valence-corrected chi connectivity index (χ1v) is 4.71. The minimum atomic E-state index is -0.496. The van der Waals surface area contributed by atoms with Crippen molar-refractivity contribution in [3.05, 3.63) is 34.1 Å². The van der Waals surface area contributed by atoms with Crippen molar-refractivity contribution in [1.82, 2.24) is 0 Å². The van der Waals surface area contributed by atoms with Gasteiger partial charge >= 0.3 is 0 Å². The monoisotopic (exact) mass is 249 g/mol. The number of nitrogens with two attached hydrogens (primary N) is 1. The van der Waals surface area contributed by atoms with Crippen molar-refractivity contribution < 1.29 is 8.78 Å². The van der Waals surface area contributed by atoms with Crippen LogP contribution >= 0.6 is 15.9 Å². The lowest BCUT2D eigenvalue weighted by Gasteiger charge is -2.11. The minimum Gasteiger partial charge on any atom is -0.324 e. The van der Waals surface area contributed by atoms with Crippen LogP contribution in [0.4, 0.5) is 8.78 Å². The highest BCUT2D eigenvalue weighted by Crippen LogP contribution is 2.26. The van der Waals surface area contributed by atoms with E-state index >= 15 is 0 Å². The molecule has 2 N–H and O–H groups in total. The standard InChI is InChI=1S/C9H10BrF2N/c10-9-6(8(13)4-5-11)2-1-3-7(9)12/h1-3,8H,4-5,13H2/t8-/m1/s1. The molecule has 0 aromatic heterocycles. The SMILES string of the molecule is N[C@H](CCF)c1cccc(F)c1Br. The summed E-state index contributed by atoms with van der Waals surface area (Å²) in [6.07, 6.45) is 0.210. The summed E-state index contributed by atoms with van der Waals surface area (Å²) in [4.78, 5) is 0. The minimum absolute atomic E-state index is 0.210. The van der Waals surface area contributed by atoms with Gasteiger partial charge in [0.15, 0.2) is 0 Å². The normalized spacial score (nSPS) is 12.9. The van der Waals surface area contributed by atoms with Crippen molar-refractivity contribution in [2.24, 2.45) is 5.73 Å². The van der Waals surface area contributed by atoms with E-state index in [9.17, 15) is 8.78 Å². The fraction of sp³-hybridized carbons (Fsp3) is 0.333. The Kier molecular flexibility index (Phi) is 3.81. The third-order valence-corrected chi connectivity index (χ3v) is 2.64. The van der Waals surface area contributed by atoms with E-state index in [0.717, 1.165) is 0 Å². The van der Waals surface area contributed by atoms with Gasteiger partial charge in [0.05, 0.1) is 11.1 Å². The Hall–Kier alpha value is -0.480. The highest BCUT2D eigenvalue weighted by Gasteiger charge is 2.11. The first-order chi connectivity index (χ1) is 6.16. The Labute approximate surface area is 84.1 Å². The van der Waals surface area contributed by atoms with E-state index in [1.165, 1.54) is 6.07 Å². The van der Waals surface area contributed by atoms with Crippen LogP contribution in [0.25, 0.3) is 0 Å². The van der Waals surface area contributed by atoms with Crippen LogP contribution in [0.1, 0.15) is 18.0 Å². The fourth-order valence-electron chi connectivity index (χ4n) is 1.08. The quantitative estimate of drug-likeness (QED) is 0.876. The molecule has 0 saturated carbocycles. The summed E-state index contributed by atoms with van der Waals surface area (Å²) in [5, 5.41) is 0. The number of hydrogen-bond donors (Lipinski definition) is 1. The van der Waals surface area contributed by atoms with Crippen molar-refractivity contribution in [1.29, 1.82) is 0 Å². The van der Waals surface area contributed by atoms with Gasteiger partial charge in [-0.1, -0.05) is 12.1 Å². The average Bonchev–Trinajstić information content (AvgIpc) is 2.10. The molecule has 1 atom stereocenters. The van der Waals surface area contributed by atoms with Gasteiger partial charge in [0, 0.05) is 6.04 Å². The zero-order valence-electron chi connectivity index (χ0n) is 6.93. The van der Waals surface area contributed by atoms with Gasteiger partial charge in [0.2, 0.25) is 0 Å². The molecule has 1 aromatic rings. The largest absolute Gasteiger partial charge is 0.324 e. The molecule has 0 saturated heterocycles. The average molecular weight is 250 g/mol. The van der Waals surface area contributed by atoms with E-state index in [1.54, 1.807) is 12.1 Å². The highest BCUT2D eigenvalue weighted by molar-refractivity contribution is 9.10. The topological polar surface area (TPSA) is 26.0 Å². The molecule has 0 spiro atoms. The molecule has 0 unspecified atom stereocenters. The predicted molar refractivity (Wildman–Crippen MR) is 51.6 cm³/mol. The number of alkyl halides is 1. The lowest BCUT2D eigenvalue weighted by atomic mass is 10.1. The Morgan fingerprint density at radius 1 is 1.46 bits per heavy atom. The fourth-order valence-corrected chi connectivity index (χ4v) is 1.64. The van der Waals surface area contributed by atoms with Gasteiger partial charge in [-0.2, -0.15) is 0 Å². The van der Waals surface area contributed by atoms with Crippen LogP contribution in [-0.2, 0) is 0 Å². The van der Waals surface area contributed by atoms with E-state index in [0.29, 0.717) is 10.0 Å². The van der Waals surface area contributed by atoms with Crippen LogP contribution in [0, 0.1) is 5.82 Å². The summed E-state index contributed by atoms with van der Waals surface area (Å²) in [6, 6.07) is 4.13. The number of benzene rings is 1. The van der Waals surface area contributed by atoms with Crippen LogP contribution in [0.3, 0.4) is 0 Å². The van der Waals surface area contributed by atoms with Crippen LogP contribution in [0.5, 0.6) is 0 Å². The second kappa shape index (κ2) is 4.67. The molecule has 1 rings (SSSR count). The van der Waals surface area contributed by atoms with Gasteiger partial charge in [-0.3, -0.25) is 4.39 Å². The first kappa shape index (κ1) is 10.6. The smallest absolute Gasteiger partial charge is 0.137 e. The predicted octanol–water partition coefficient (Wildman–Crippen LogP) is 2.95. The highest BCUT2D eigenvalue weighted by atomic mass is 79.9. The van der Waals surface area contributed by atoms with Crippen molar-refractivity contribution in [3.63, 3.8) is 0 Å². The molecular formula is C9H10BrF2N. The molecule has 1 nitrogen and oxygen atoms in total. The summed E-state index contributed by atoms with van der Waals surface area (Å²) >= 11 is 3.07. The lowest BCUT2D eigenvalue weighted by molar-refractivity contribution is 0.440. The zero-order chi connectivity index (χ0) is 9.84. The Morgan fingerprint density at radius 3 is 2.77 bits per heavy atom. The second-order valence-electron chi connectivity index (χ2n) is 2.73. The van der Waals surface area contributed by atoms with Gasteiger partial charge in [0.25, 0.3) is 0 Å². The maximum Gasteiger partial charge on any atom is 0.137 e. The maximum absolute atomic E-state index is 13.0. The summed E-state index contributed by atoms with van der Waals surface area (Å²) < 4.78 is 25.3. The summed E-state index contributed by atoms with van der Waals surface area (Å²) in [5.41, 5.74) is 6.25. The molecule has 72 valence electrons. The van der Waals surface area contributed by atoms with Crippen molar-refractivity contribution in [2.45, 2.75) is 12.5 Å². The van der Waals surface area contributed by atoms with Gasteiger partial charge in [-0.25, -0.2) is 4.39 Å². The van der Waals surface area contributed by atoms with Crippen molar-refractivity contribution in [2.75, 3.05) is 6.67 Å². The molecule has 0 bridgehead atoms. The molecule has 0 aliphatic rings. The zero-order valence-corrected chi connectivity index (χ0v) is 8.52. The van der Waals surface area contributed by atoms with Gasteiger partial charge < -0.3 is 5.73 Å². The molecule has 0 fully saturated rings. The molecular weight excluding hydrogens is 240 g/mol. The number of rotatable bonds is 3. The van der Waals surface area contributed by atoms with E-state index in [2.05, 4.69) is 15.9 Å². The maximum atomic E-state index is 13.0. The first-order valence-electron chi connectivity index (χ1n) is 3.92. The molecule has 13 heavy (non-hydrogen) atoms. The summed E-state index contributed by atoms with van der Waals surface area (Å²) in [6.45, 7) is -0.496. The molecule has 0 aliphatic carbocycles. The van der Waals surface area contributed by atoms with E-state index < -0.39 is 12.7 Å². The summed E-state index contributed by atoms with van der Waals surface area (Å²) in [5.74, 6) is -0.369. The molecule has 0 radical (unpaired) electrons. The van der Waals surface area contributed by atoms with Crippen molar-refractivity contribution in [3.8, 4) is 0 Å². The van der Waals surface area contributed by atoms with E-state index in [4.69, 9.17) is 5.73 Å². The van der Waals surface area contributed by atoms with Gasteiger partial charge in [0.1, 0.15) is 5.82 Å². The van der Waals surface area contributed by atoms with Gasteiger partial charge in [-0.05, 0) is 34.0 Å². The van der Waals surface area contributed by atoms with Gasteiger partial charge in [-0.15, -0.1) is 0 Å². The van der Waals surface area contributed by atoms with E-state index in [-0.39, 0.29) is 12.2 Å². The van der Waals surface area contributed by atoms with Crippen LogP contribution in [-0.4, -0.2) is 6.67 Å². The van der Waals surface area contributed by atoms with E-state index in [1.807, 2.05) is 0 Å². The molecule has 0 amide bonds. The molecule has 1 aromatic carbocycles. The second-order valence-corrected chi connectivity index (χ2v) is 3.52. The Morgan fingerprint density at radius 2 is 2.15 bits per heavy atom. The third kappa shape index (κ3) is 2.48. The van der Waals surface area contributed by atoms with Crippen molar-refractivity contribution >= 4 is 15.9 Å². The van der Waals surface area contributed by atoms with Crippen LogP contribution in [0.15, 0.2) is 22.7 Å². The Balaban J connectivity index is 2.93. The molecule has 0 heterocycles. The number of halogens is 3. The number of hydrogen-bond acceptors (Lipinski definition) is 1. The third-order valence-electron chi connectivity index (χ3n) is 1.80. The van der Waals surface area contributed by atoms with Crippen LogP contribution in [0.2, 0.25) is 0 Å².